The van der Waals surface area contributed by atoms with Crippen LogP contribution in [0.3, 0.4) is 0 Å². The summed E-state index contributed by atoms with van der Waals surface area (Å²) in [6.45, 7) is 10.5. The van der Waals surface area contributed by atoms with Gasteiger partial charge in [-0.15, -0.1) is 0 Å². The number of rotatable bonds is 8. The minimum absolute atomic E-state index is 0.120. The van der Waals surface area contributed by atoms with Crippen LogP contribution in [0.2, 0.25) is 0 Å². The van der Waals surface area contributed by atoms with Crippen LogP contribution in [-0.4, -0.2) is 120 Å². The van der Waals surface area contributed by atoms with Crippen molar-refractivity contribution in [3.8, 4) is 16.9 Å². The Kier molecular flexibility index (Phi) is 9.14. The van der Waals surface area contributed by atoms with Gasteiger partial charge in [-0.05, 0) is 80.2 Å². The zero-order valence-corrected chi connectivity index (χ0v) is 31.1. The Bertz CT molecular complexity index is 2120. The van der Waals surface area contributed by atoms with Crippen LogP contribution in [0.5, 0.6) is 5.75 Å². The van der Waals surface area contributed by atoms with Crippen molar-refractivity contribution in [3.05, 3.63) is 47.9 Å². The predicted molar refractivity (Wildman–Crippen MR) is 201 cm³/mol. The summed E-state index contributed by atoms with van der Waals surface area (Å²) in [5.74, 6) is -0.185. The number of carbonyl (C=O) groups excluding carboxylic acids is 1. The van der Waals surface area contributed by atoms with E-state index in [4.69, 9.17) is 19.4 Å². The molecule has 0 radical (unpaired) electrons. The van der Waals surface area contributed by atoms with Gasteiger partial charge in [0.25, 0.3) is 5.91 Å². The molecule has 1 amide bonds. The maximum Gasteiger partial charge on any atom is 0.422 e. The van der Waals surface area contributed by atoms with Gasteiger partial charge in [0.15, 0.2) is 18.2 Å². The van der Waals surface area contributed by atoms with E-state index in [9.17, 15) is 22.4 Å². The molecule has 15 heteroatoms. The third kappa shape index (κ3) is 6.87. The van der Waals surface area contributed by atoms with Gasteiger partial charge in [-0.1, -0.05) is 12.6 Å². The van der Waals surface area contributed by atoms with E-state index < -0.39 is 24.5 Å². The van der Waals surface area contributed by atoms with E-state index in [1.165, 1.54) is 4.90 Å². The van der Waals surface area contributed by atoms with Gasteiger partial charge in [0.2, 0.25) is 5.95 Å². The number of benzene rings is 2. The molecule has 1 spiro atoms. The van der Waals surface area contributed by atoms with Crippen molar-refractivity contribution in [1.82, 2.24) is 30.0 Å². The number of aromatic nitrogens is 4. The number of halogens is 4. The standard InChI is InChI=1S/C40H46F4N8O3/c1-24-3-6-31-30(20-45-48-31)32(24)33-28(26-4-5-26)19-29-34(35(33)55-23-40(42,43)44)46-38(51-11-7-27(8-12-51)49-15-17-54-18-16-49)47-36(29)50-13-9-39(10-14-50)21-52(22-39)37(53)25(2)41/h3,6,19-20,26-27H,2,4-5,7-18,21-23H2,1H3,(H,45,48). The number of fused-ring (bicyclic) bond motifs is 2. The van der Waals surface area contributed by atoms with Gasteiger partial charge >= 0.3 is 6.18 Å². The predicted octanol–water partition coefficient (Wildman–Crippen LogP) is 6.51. The lowest BCUT2D eigenvalue weighted by Crippen LogP contribution is -2.62. The Morgan fingerprint density at radius 1 is 0.982 bits per heavy atom. The molecule has 6 heterocycles. The molecule has 5 aliphatic rings. The topological polar surface area (TPSA) is 103 Å². The van der Waals surface area contributed by atoms with Crippen LogP contribution in [0.4, 0.5) is 29.3 Å². The van der Waals surface area contributed by atoms with E-state index in [0.29, 0.717) is 73.5 Å². The first-order valence-corrected chi connectivity index (χ1v) is 19.4. The fraction of sp³-hybridized carbons (Fsp3) is 0.550. The summed E-state index contributed by atoms with van der Waals surface area (Å²) in [5.41, 5.74) is 4.28. The number of H-pyrrole nitrogens is 1. The molecule has 4 aromatic rings. The molecule has 292 valence electrons. The average Bonchev–Trinajstić information content (AvgIpc) is 3.91. The number of piperidine rings is 2. The summed E-state index contributed by atoms with van der Waals surface area (Å²) < 4.78 is 67.6. The second-order valence-corrected chi connectivity index (χ2v) is 16.1. The quantitative estimate of drug-likeness (QED) is 0.159. The Labute approximate surface area is 316 Å². The first-order valence-electron chi connectivity index (χ1n) is 19.4. The number of hydrogen-bond acceptors (Lipinski definition) is 9. The molecule has 0 atom stereocenters. The smallest absolute Gasteiger partial charge is 0.422 e. The third-order valence-corrected chi connectivity index (χ3v) is 12.4. The number of alkyl halides is 3. The summed E-state index contributed by atoms with van der Waals surface area (Å²) in [4.78, 5) is 31.0. The second-order valence-electron chi connectivity index (χ2n) is 16.1. The molecule has 1 saturated carbocycles. The minimum Gasteiger partial charge on any atom is -0.481 e. The highest BCUT2D eigenvalue weighted by Gasteiger charge is 2.48. The van der Waals surface area contributed by atoms with Crippen LogP contribution < -0.4 is 14.5 Å². The van der Waals surface area contributed by atoms with E-state index in [2.05, 4.69) is 37.5 Å². The Morgan fingerprint density at radius 3 is 2.38 bits per heavy atom. The lowest BCUT2D eigenvalue weighted by Gasteiger charge is -2.54. The lowest BCUT2D eigenvalue weighted by molar-refractivity contribution is -0.153. The highest BCUT2D eigenvalue weighted by molar-refractivity contribution is 6.06. The zero-order valence-electron chi connectivity index (χ0n) is 31.1. The molecule has 0 bridgehead atoms. The number of nitrogens with zero attached hydrogens (tertiary/aromatic N) is 7. The van der Waals surface area contributed by atoms with Crippen molar-refractivity contribution in [1.29, 1.82) is 0 Å². The van der Waals surface area contributed by atoms with Crippen molar-refractivity contribution in [2.75, 3.05) is 82.0 Å². The van der Waals surface area contributed by atoms with E-state index in [1.54, 1.807) is 6.20 Å². The van der Waals surface area contributed by atoms with E-state index in [0.717, 1.165) is 92.4 Å². The number of likely N-dealkylation sites (tertiary alicyclic amines) is 1. The molecular formula is C40H46F4N8O3. The monoisotopic (exact) mass is 762 g/mol. The first kappa shape index (κ1) is 36.2. The number of hydrogen-bond donors (Lipinski definition) is 1. The van der Waals surface area contributed by atoms with Gasteiger partial charge in [-0.2, -0.15) is 23.3 Å². The number of anilines is 2. The van der Waals surface area contributed by atoms with Crippen LogP contribution in [-0.2, 0) is 9.53 Å². The Morgan fingerprint density at radius 2 is 1.71 bits per heavy atom. The van der Waals surface area contributed by atoms with Gasteiger partial charge in [0.1, 0.15) is 11.3 Å². The second kappa shape index (κ2) is 13.9. The van der Waals surface area contributed by atoms with E-state index in [-0.39, 0.29) is 17.1 Å². The summed E-state index contributed by atoms with van der Waals surface area (Å²) in [6, 6.07) is 6.41. The number of amides is 1. The summed E-state index contributed by atoms with van der Waals surface area (Å²) >= 11 is 0. The van der Waals surface area contributed by atoms with Crippen LogP contribution >= 0.6 is 0 Å². The molecule has 9 rings (SSSR count). The van der Waals surface area contributed by atoms with E-state index in [1.807, 2.05) is 19.1 Å². The van der Waals surface area contributed by atoms with Crippen molar-refractivity contribution >= 4 is 39.5 Å². The highest BCUT2D eigenvalue weighted by Crippen LogP contribution is 2.53. The zero-order chi connectivity index (χ0) is 38.1. The van der Waals surface area contributed by atoms with E-state index >= 15 is 0 Å². The summed E-state index contributed by atoms with van der Waals surface area (Å²) in [7, 11) is 0. The highest BCUT2D eigenvalue weighted by atomic mass is 19.4. The van der Waals surface area contributed by atoms with Gasteiger partial charge in [-0.3, -0.25) is 14.8 Å². The molecule has 2 aromatic carbocycles. The van der Waals surface area contributed by atoms with Crippen LogP contribution in [0.1, 0.15) is 55.6 Å². The molecule has 4 saturated heterocycles. The average molecular weight is 763 g/mol. The normalized spacial score (nSPS) is 21.1. The molecule has 2 aromatic heterocycles. The lowest BCUT2D eigenvalue weighted by atomic mass is 9.72. The van der Waals surface area contributed by atoms with Crippen molar-refractivity contribution < 1.29 is 31.8 Å². The molecule has 0 unspecified atom stereocenters. The maximum atomic E-state index is 14.1. The summed E-state index contributed by atoms with van der Waals surface area (Å²) in [6.07, 6.45) is 2.31. The molecule has 4 aliphatic heterocycles. The molecular weight excluding hydrogens is 716 g/mol. The number of nitrogens with one attached hydrogen (secondary N) is 1. The number of ether oxygens (including phenoxy) is 2. The SMILES string of the molecule is C=C(F)C(=O)N1CC2(CCN(c3nc(N4CCC(N5CCOCC5)CC4)nc4c(OCC(F)(F)F)c(-c5c(C)ccc6[nH]ncc56)c(C5CC5)cc34)CC2)C1. The Balaban J connectivity index is 1.16. The molecule has 55 heavy (non-hydrogen) atoms. The number of aryl methyl sites for hydroxylation is 1. The first-order chi connectivity index (χ1) is 26.5. The maximum absolute atomic E-state index is 14.1. The van der Waals surface area contributed by atoms with Gasteiger partial charge < -0.3 is 24.2 Å². The van der Waals surface area contributed by atoms with Gasteiger partial charge in [0, 0.05) is 80.2 Å². The third-order valence-electron chi connectivity index (χ3n) is 12.4. The summed E-state index contributed by atoms with van der Waals surface area (Å²) in [5, 5.41) is 8.80. The van der Waals surface area contributed by atoms with Crippen LogP contribution in [0, 0.1) is 12.3 Å². The Hall–Kier alpha value is -4.50. The van der Waals surface area contributed by atoms with Crippen LogP contribution in [0.15, 0.2) is 36.8 Å². The van der Waals surface area contributed by atoms with Gasteiger partial charge in [0.05, 0.1) is 24.9 Å². The molecule has 1 aliphatic carbocycles. The fourth-order valence-corrected chi connectivity index (χ4v) is 9.30. The van der Waals surface area contributed by atoms with Crippen molar-refractivity contribution in [2.45, 2.75) is 63.6 Å². The van der Waals surface area contributed by atoms with Gasteiger partial charge in [-0.25, -0.2) is 9.37 Å². The van der Waals surface area contributed by atoms with Crippen molar-refractivity contribution in [2.24, 2.45) is 5.41 Å². The molecule has 1 N–H and O–H groups in total. The number of aromatic amines is 1. The minimum atomic E-state index is -4.58. The van der Waals surface area contributed by atoms with Crippen molar-refractivity contribution in [3.63, 3.8) is 0 Å². The van der Waals surface area contributed by atoms with Crippen LogP contribution in [0.25, 0.3) is 32.9 Å². The number of morpholine rings is 1. The fourth-order valence-electron chi connectivity index (χ4n) is 9.30. The largest absolute Gasteiger partial charge is 0.481 e. The molecule has 11 nitrogen and oxygen atoms in total. The molecule has 5 fully saturated rings. The number of carbonyl (C=O) groups is 1.